The number of urea groups is 1. The molecule has 1 aliphatic heterocycles. The van der Waals surface area contributed by atoms with Gasteiger partial charge in [0.05, 0.1) is 12.1 Å². The number of hydrogen-bond acceptors (Lipinski definition) is 6. The first-order valence-corrected chi connectivity index (χ1v) is 9.86. The zero-order chi connectivity index (χ0) is 20.8. The van der Waals surface area contributed by atoms with Gasteiger partial charge in [0.2, 0.25) is 10.0 Å². The molecule has 29 heavy (non-hydrogen) atoms. The van der Waals surface area contributed by atoms with Crippen LogP contribution in [0.25, 0.3) is 10.9 Å². The standard InChI is InChI=1S/C17H15FN6O4S/c1-24-5-4-19-14(24)17(15(25)22-16(26)23-17)9-21-29(27,28)12-7-10-6-11(18)2-3-13(10)20-8-12/h2-8,21H,9H2,1H3,(H2,22,23,25,26)/t17-/m1/s1. The zero-order valence-electron chi connectivity index (χ0n) is 15.0. The van der Waals surface area contributed by atoms with Gasteiger partial charge in [0.15, 0.2) is 5.54 Å². The molecule has 3 aromatic rings. The fourth-order valence-electron chi connectivity index (χ4n) is 3.15. The summed E-state index contributed by atoms with van der Waals surface area (Å²) < 4.78 is 42.8. The minimum atomic E-state index is -4.14. The van der Waals surface area contributed by atoms with Crippen molar-refractivity contribution in [2.75, 3.05) is 6.54 Å². The minimum absolute atomic E-state index is 0.155. The van der Waals surface area contributed by atoms with Crippen LogP contribution in [0, 0.1) is 5.82 Å². The number of carbonyl (C=O) groups is 2. The average Bonchev–Trinajstić information content (AvgIpc) is 3.22. The molecule has 3 N–H and O–H groups in total. The smallest absolute Gasteiger partial charge is 0.322 e. The molecule has 2 aromatic heterocycles. The predicted octanol–water partition coefficient (Wildman–Crippen LogP) is 0.121. The summed E-state index contributed by atoms with van der Waals surface area (Å²) in [5.41, 5.74) is -1.30. The maximum absolute atomic E-state index is 13.5. The van der Waals surface area contributed by atoms with Gasteiger partial charge >= 0.3 is 6.03 Å². The largest absolute Gasteiger partial charge is 0.336 e. The third-order valence-electron chi connectivity index (χ3n) is 4.60. The highest BCUT2D eigenvalue weighted by atomic mass is 32.2. The van der Waals surface area contributed by atoms with E-state index in [0.717, 1.165) is 6.20 Å². The molecule has 1 fully saturated rings. The van der Waals surface area contributed by atoms with Crippen molar-refractivity contribution in [3.05, 3.63) is 54.5 Å². The molecule has 1 aliphatic rings. The van der Waals surface area contributed by atoms with E-state index in [1.807, 2.05) is 0 Å². The van der Waals surface area contributed by atoms with Gasteiger partial charge in [0.1, 0.15) is 16.5 Å². The molecule has 0 saturated carbocycles. The lowest BCUT2D eigenvalue weighted by Gasteiger charge is -2.25. The number of nitrogens with one attached hydrogen (secondary N) is 3. The first-order chi connectivity index (χ1) is 13.7. The summed E-state index contributed by atoms with van der Waals surface area (Å²) in [5, 5.41) is 4.85. The number of aryl methyl sites for hydroxylation is 1. The number of nitrogens with zero attached hydrogens (tertiary/aromatic N) is 3. The van der Waals surface area contributed by atoms with Crippen molar-refractivity contribution in [1.82, 2.24) is 29.9 Å². The predicted molar refractivity (Wildman–Crippen MR) is 98.4 cm³/mol. The van der Waals surface area contributed by atoms with E-state index in [9.17, 15) is 22.4 Å². The number of benzene rings is 1. The van der Waals surface area contributed by atoms with Gasteiger partial charge in [0.25, 0.3) is 5.91 Å². The van der Waals surface area contributed by atoms with Gasteiger partial charge in [-0.25, -0.2) is 27.3 Å². The topological polar surface area (TPSA) is 135 Å². The molecular formula is C17H15FN6O4S. The fourth-order valence-corrected chi connectivity index (χ4v) is 4.19. The lowest BCUT2D eigenvalue weighted by molar-refractivity contribution is -0.124. The number of imidazole rings is 1. The Morgan fingerprint density at radius 2 is 2.03 bits per heavy atom. The Balaban J connectivity index is 1.68. The number of rotatable bonds is 5. The van der Waals surface area contributed by atoms with Crippen LogP contribution in [0.4, 0.5) is 9.18 Å². The van der Waals surface area contributed by atoms with E-state index in [1.165, 1.54) is 35.0 Å². The molecule has 12 heteroatoms. The van der Waals surface area contributed by atoms with Gasteiger partial charge in [-0.1, -0.05) is 0 Å². The van der Waals surface area contributed by atoms with Crippen molar-refractivity contribution in [1.29, 1.82) is 0 Å². The SMILES string of the molecule is Cn1ccnc1[C@@]1(CNS(=O)(=O)c2cnc3ccc(F)cc3c2)NC(=O)NC1=O. The van der Waals surface area contributed by atoms with Crippen molar-refractivity contribution in [2.45, 2.75) is 10.4 Å². The van der Waals surface area contributed by atoms with E-state index in [1.54, 1.807) is 13.2 Å². The Bertz CT molecular complexity index is 1260. The number of imide groups is 1. The molecule has 1 saturated heterocycles. The lowest BCUT2D eigenvalue weighted by atomic mass is 9.99. The van der Waals surface area contributed by atoms with Crippen LogP contribution in [0.5, 0.6) is 0 Å². The summed E-state index contributed by atoms with van der Waals surface area (Å²) >= 11 is 0. The third kappa shape index (κ3) is 3.21. The summed E-state index contributed by atoms with van der Waals surface area (Å²) in [7, 11) is -2.53. The van der Waals surface area contributed by atoms with E-state index < -0.39 is 39.9 Å². The summed E-state index contributed by atoms with van der Waals surface area (Å²) in [4.78, 5) is 32.1. The van der Waals surface area contributed by atoms with Gasteiger partial charge in [-0.3, -0.25) is 15.1 Å². The molecule has 0 spiro atoms. The van der Waals surface area contributed by atoms with E-state index in [0.29, 0.717) is 10.9 Å². The van der Waals surface area contributed by atoms with Gasteiger partial charge in [-0.15, -0.1) is 0 Å². The number of fused-ring (bicyclic) bond motifs is 1. The average molecular weight is 418 g/mol. The van der Waals surface area contributed by atoms with Gasteiger partial charge < -0.3 is 9.88 Å². The number of halogens is 1. The molecule has 3 amide bonds. The number of aromatic nitrogens is 3. The number of carbonyl (C=O) groups excluding carboxylic acids is 2. The number of hydrogen-bond donors (Lipinski definition) is 3. The molecule has 0 radical (unpaired) electrons. The molecule has 1 aromatic carbocycles. The van der Waals surface area contributed by atoms with Crippen LogP contribution in [0.1, 0.15) is 5.82 Å². The van der Waals surface area contributed by atoms with E-state index in [2.05, 4.69) is 25.3 Å². The number of pyridine rings is 1. The Morgan fingerprint density at radius 1 is 1.24 bits per heavy atom. The zero-order valence-corrected chi connectivity index (χ0v) is 15.8. The van der Waals surface area contributed by atoms with E-state index in [-0.39, 0.29) is 10.7 Å². The highest BCUT2D eigenvalue weighted by Gasteiger charge is 2.51. The van der Waals surface area contributed by atoms with Crippen LogP contribution >= 0.6 is 0 Å². The van der Waals surface area contributed by atoms with Crippen LogP contribution in [0.3, 0.4) is 0 Å². The molecule has 0 bridgehead atoms. The molecule has 150 valence electrons. The van der Waals surface area contributed by atoms with Crippen molar-refractivity contribution in [2.24, 2.45) is 7.05 Å². The maximum atomic E-state index is 13.5. The van der Waals surface area contributed by atoms with Crippen molar-refractivity contribution < 1.29 is 22.4 Å². The Kier molecular flexibility index (Phi) is 4.31. The van der Waals surface area contributed by atoms with Crippen LogP contribution in [0.15, 0.2) is 47.8 Å². The molecule has 4 rings (SSSR count). The highest BCUT2D eigenvalue weighted by Crippen LogP contribution is 2.24. The monoisotopic (exact) mass is 418 g/mol. The van der Waals surface area contributed by atoms with Crippen LogP contribution in [-0.2, 0) is 27.4 Å². The highest BCUT2D eigenvalue weighted by molar-refractivity contribution is 7.89. The Labute approximate surface area is 164 Å². The number of amides is 3. The second-order valence-electron chi connectivity index (χ2n) is 6.51. The first-order valence-electron chi connectivity index (χ1n) is 8.38. The molecule has 0 unspecified atom stereocenters. The molecule has 0 aliphatic carbocycles. The summed E-state index contributed by atoms with van der Waals surface area (Å²) in [6.07, 6.45) is 4.11. The van der Waals surface area contributed by atoms with Crippen molar-refractivity contribution >= 4 is 32.9 Å². The molecule has 10 nitrogen and oxygen atoms in total. The number of sulfonamides is 1. The normalized spacial score (nSPS) is 19.4. The fraction of sp³-hybridized carbons (Fsp3) is 0.176. The van der Waals surface area contributed by atoms with Crippen LogP contribution in [0.2, 0.25) is 0 Å². The van der Waals surface area contributed by atoms with Crippen molar-refractivity contribution in [3.63, 3.8) is 0 Å². The summed E-state index contributed by atoms with van der Waals surface area (Å²) in [5.74, 6) is -1.11. The van der Waals surface area contributed by atoms with E-state index in [4.69, 9.17) is 0 Å². The van der Waals surface area contributed by atoms with Crippen molar-refractivity contribution in [3.8, 4) is 0 Å². The molecular weight excluding hydrogens is 403 g/mol. The second kappa shape index (κ2) is 6.60. The second-order valence-corrected chi connectivity index (χ2v) is 8.27. The molecule has 3 heterocycles. The Hall–Kier alpha value is -3.38. The lowest BCUT2D eigenvalue weighted by Crippen LogP contribution is -2.53. The Morgan fingerprint density at radius 3 is 2.69 bits per heavy atom. The molecule has 1 atom stereocenters. The van der Waals surface area contributed by atoms with Gasteiger partial charge in [-0.2, -0.15) is 0 Å². The summed E-state index contributed by atoms with van der Waals surface area (Å²) in [6.45, 7) is -0.487. The minimum Gasteiger partial charge on any atom is -0.336 e. The first kappa shape index (κ1) is 19.0. The van der Waals surface area contributed by atoms with E-state index >= 15 is 0 Å². The van der Waals surface area contributed by atoms with Gasteiger partial charge in [0, 0.05) is 31.0 Å². The summed E-state index contributed by atoms with van der Waals surface area (Å²) in [6, 6.07) is 4.33. The maximum Gasteiger partial charge on any atom is 0.322 e. The quantitative estimate of drug-likeness (QED) is 0.504. The van der Waals surface area contributed by atoms with Crippen LogP contribution < -0.4 is 15.4 Å². The third-order valence-corrected chi connectivity index (χ3v) is 5.97. The van der Waals surface area contributed by atoms with Gasteiger partial charge in [-0.05, 0) is 24.3 Å². The van der Waals surface area contributed by atoms with Crippen LogP contribution in [-0.4, -0.2) is 41.4 Å².